The molecular weight excluding hydrogens is 248 g/mol. The van der Waals surface area contributed by atoms with Crippen LogP contribution in [0.1, 0.15) is 18.9 Å². The monoisotopic (exact) mass is 268 g/mol. The van der Waals surface area contributed by atoms with Gasteiger partial charge >= 0.3 is 0 Å². The Morgan fingerprint density at radius 1 is 1.33 bits per heavy atom. The van der Waals surface area contributed by atoms with Gasteiger partial charge in [0, 0.05) is 20.1 Å². The summed E-state index contributed by atoms with van der Waals surface area (Å²) in [5.41, 5.74) is 1.85. The number of nitrogens with zero attached hydrogens (tertiary/aromatic N) is 1. The van der Waals surface area contributed by atoms with Gasteiger partial charge in [-0.05, 0) is 12.0 Å². The Morgan fingerprint density at radius 2 is 1.94 bits per heavy atom. The van der Waals surface area contributed by atoms with E-state index >= 15 is 0 Å². The van der Waals surface area contributed by atoms with E-state index in [-0.39, 0.29) is 0 Å². The van der Waals surface area contributed by atoms with E-state index in [4.69, 9.17) is 0 Å². The van der Waals surface area contributed by atoms with Crippen LogP contribution in [-0.2, 0) is 16.8 Å². The smallest absolute Gasteiger partial charge is 0.205 e. The Hall–Kier alpha value is -1.17. The number of benzene rings is 1. The van der Waals surface area contributed by atoms with Crippen molar-refractivity contribution < 1.29 is 8.42 Å². The summed E-state index contributed by atoms with van der Waals surface area (Å²) >= 11 is 0. The largest absolute Gasteiger partial charge is 0.279 e. The summed E-state index contributed by atoms with van der Waals surface area (Å²) in [6.07, 6.45) is 0.768. The molecule has 0 saturated carbocycles. The second-order valence-corrected chi connectivity index (χ2v) is 5.94. The normalized spacial score (nSPS) is 11.7. The molecule has 0 bridgehead atoms. The molecule has 0 aromatic heterocycles. The molecule has 0 atom stereocenters. The first kappa shape index (κ1) is 14.9. The maximum absolute atomic E-state index is 11.9. The van der Waals surface area contributed by atoms with Gasteiger partial charge in [-0.3, -0.25) is 0 Å². The van der Waals surface area contributed by atoms with Crippen molar-refractivity contribution in [1.29, 1.82) is 0 Å². The van der Waals surface area contributed by atoms with Crippen molar-refractivity contribution in [3.8, 4) is 0 Å². The van der Waals surface area contributed by atoms with Gasteiger partial charge in [0.15, 0.2) is 0 Å². The minimum Gasteiger partial charge on any atom is -0.205 e. The van der Waals surface area contributed by atoms with E-state index < -0.39 is 10.2 Å². The Balaban J connectivity index is 2.88. The third kappa shape index (κ3) is 4.25. The molecule has 0 aliphatic carbocycles. The number of rotatable bonds is 7. The van der Waals surface area contributed by atoms with Crippen molar-refractivity contribution in [2.75, 3.05) is 13.6 Å². The van der Waals surface area contributed by atoms with E-state index in [1.165, 1.54) is 11.4 Å². The summed E-state index contributed by atoms with van der Waals surface area (Å²) in [5, 5.41) is 0. The Kier molecular flexibility index (Phi) is 5.53. The molecule has 0 unspecified atom stereocenters. The lowest BCUT2D eigenvalue weighted by atomic mass is 10.2. The van der Waals surface area contributed by atoms with Crippen LogP contribution in [0.4, 0.5) is 0 Å². The zero-order valence-corrected chi connectivity index (χ0v) is 11.7. The van der Waals surface area contributed by atoms with Gasteiger partial charge in [0.1, 0.15) is 0 Å². The first-order valence-corrected chi connectivity index (χ1v) is 7.32. The van der Waals surface area contributed by atoms with Crippen LogP contribution in [0.15, 0.2) is 42.5 Å². The maximum atomic E-state index is 11.9. The third-order valence-corrected chi connectivity index (χ3v) is 4.15. The Labute approximate surface area is 110 Å². The Morgan fingerprint density at radius 3 is 2.44 bits per heavy atom. The zero-order chi connectivity index (χ0) is 13.6. The summed E-state index contributed by atoms with van der Waals surface area (Å²) < 4.78 is 27.6. The molecule has 0 radical (unpaired) electrons. The van der Waals surface area contributed by atoms with E-state index in [0.29, 0.717) is 13.1 Å². The first-order chi connectivity index (χ1) is 8.49. The van der Waals surface area contributed by atoms with E-state index in [0.717, 1.165) is 17.6 Å². The minimum absolute atomic E-state index is 0.342. The van der Waals surface area contributed by atoms with Crippen LogP contribution in [0.25, 0.3) is 0 Å². The standard InChI is InChI=1S/C13H20N2O2S/c1-4-12(2)10-15(18(16,17)14-3)11-13-8-6-5-7-9-13/h5-9,14H,2,4,10-11H2,1,3H3. The van der Waals surface area contributed by atoms with Crippen LogP contribution >= 0.6 is 0 Å². The molecule has 1 rings (SSSR count). The summed E-state index contributed by atoms with van der Waals surface area (Å²) in [7, 11) is -2.02. The van der Waals surface area contributed by atoms with Gasteiger partial charge in [-0.1, -0.05) is 49.4 Å². The molecule has 0 amide bonds. The van der Waals surface area contributed by atoms with Crippen LogP contribution in [0, 0.1) is 0 Å². The average molecular weight is 268 g/mol. The van der Waals surface area contributed by atoms with Gasteiger partial charge in [-0.15, -0.1) is 0 Å². The number of hydrogen-bond donors (Lipinski definition) is 1. The van der Waals surface area contributed by atoms with E-state index in [2.05, 4.69) is 11.3 Å². The van der Waals surface area contributed by atoms with Crippen molar-refractivity contribution in [2.24, 2.45) is 0 Å². The lowest BCUT2D eigenvalue weighted by Crippen LogP contribution is -2.39. The summed E-state index contributed by atoms with van der Waals surface area (Å²) in [6, 6.07) is 9.52. The zero-order valence-electron chi connectivity index (χ0n) is 10.9. The Bertz CT molecular complexity index is 483. The molecule has 1 aromatic carbocycles. The molecule has 0 saturated heterocycles. The first-order valence-electron chi connectivity index (χ1n) is 5.88. The predicted molar refractivity (Wildman–Crippen MR) is 74.3 cm³/mol. The van der Waals surface area contributed by atoms with Crippen LogP contribution in [0.3, 0.4) is 0 Å². The van der Waals surface area contributed by atoms with Crippen LogP contribution in [0.2, 0.25) is 0 Å². The average Bonchev–Trinajstić information content (AvgIpc) is 2.39. The molecule has 100 valence electrons. The third-order valence-electron chi connectivity index (χ3n) is 2.70. The molecule has 0 heterocycles. The molecule has 1 N–H and O–H groups in total. The number of hydrogen-bond acceptors (Lipinski definition) is 2. The highest BCUT2D eigenvalue weighted by Gasteiger charge is 2.20. The van der Waals surface area contributed by atoms with E-state index in [9.17, 15) is 8.42 Å². The molecule has 0 spiro atoms. The predicted octanol–water partition coefficient (Wildman–Crippen LogP) is 1.92. The van der Waals surface area contributed by atoms with Crippen molar-refractivity contribution in [2.45, 2.75) is 19.9 Å². The maximum Gasteiger partial charge on any atom is 0.279 e. The van der Waals surface area contributed by atoms with Crippen molar-refractivity contribution in [3.05, 3.63) is 48.0 Å². The minimum atomic E-state index is -3.44. The van der Waals surface area contributed by atoms with Crippen LogP contribution in [-0.4, -0.2) is 26.3 Å². The van der Waals surface area contributed by atoms with Gasteiger partial charge < -0.3 is 0 Å². The molecule has 0 aliphatic heterocycles. The summed E-state index contributed by atoms with van der Waals surface area (Å²) in [5.74, 6) is 0. The second-order valence-electron chi connectivity index (χ2n) is 4.07. The van der Waals surface area contributed by atoms with Crippen LogP contribution < -0.4 is 4.72 Å². The van der Waals surface area contributed by atoms with E-state index in [1.54, 1.807) is 0 Å². The fraction of sp³-hybridized carbons (Fsp3) is 0.385. The highest BCUT2D eigenvalue weighted by molar-refractivity contribution is 7.87. The van der Waals surface area contributed by atoms with Crippen molar-refractivity contribution in [3.63, 3.8) is 0 Å². The van der Waals surface area contributed by atoms with E-state index in [1.807, 2.05) is 37.3 Å². The molecule has 18 heavy (non-hydrogen) atoms. The summed E-state index contributed by atoms with van der Waals surface area (Å²) in [6.45, 7) is 6.53. The number of nitrogens with one attached hydrogen (secondary N) is 1. The van der Waals surface area contributed by atoms with Crippen molar-refractivity contribution >= 4 is 10.2 Å². The van der Waals surface area contributed by atoms with Crippen LogP contribution in [0.5, 0.6) is 0 Å². The second kappa shape index (κ2) is 6.68. The molecule has 0 aliphatic rings. The lowest BCUT2D eigenvalue weighted by Gasteiger charge is -2.22. The highest BCUT2D eigenvalue weighted by atomic mass is 32.2. The molecular formula is C13H20N2O2S. The summed E-state index contributed by atoms with van der Waals surface area (Å²) in [4.78, 5) is 0. The van der Waals surface area contributed by atoms with Gasteiger partial charge in [-0.2, -0.15) is 12.7 Å². The fourth-order valence-corrected chi connectivity index (χ4v) is 2.43. The SMILES string of the molecule is C=C(CC)CN(Cc1ccccc1)S(=O)(=O)NC. The topological polar surface area (TPSA) is 49.4 Å². The quantitative estimate of drug-likeness (QED) is 0.768. The molecule has 5 heteroatoms. The van der Waals surface area contributed by atoms with Crippen molar-refractivity contribution in [1.82, 2.24) is 9.03 Å². The molecule has 4 nitrogen and oxygen atoms in total. The lowest BCUT2D eigenvalue weighted by molar-refractivity contribution is 0.422. The highest BCUT2D eigenvalue weighted by Crippen LogP contribution is 2.11. The van der Waals surface area contributed by atoms with Gasteiger partial charge in [0.05, 0.1) is 0 Å². The van der Waals surface area contributed by atoms with Gasteiger partial charge in [0.25, 0.3) is 10.2 Å². The van der Waals surface area contributed by atoms with Gasteiger partial charge in [0.2, 0.25) is 0 Å². The molecule has 1 aromatic rings. The molecule has 0 fully saturated rings. The van der Waals surface area contributed by atoms with Gasteiger partial charge in [-0.25, -0.2) is 4.72 Å². The fourth-order valence-electron chi connectivity index (χ4n) is 1.50.